The summed E-state index contributed by atoms with van der Waals surface area (Å²) in [5.41, 5.74) is -0.433. The fourth-order valence-electron chi connectivity index (χ4n) is 1.12. The lowest BCUT2D eigenvalue weighted by molar-refractivity contribution is -0.384. The van der Waals surface area contributed by atoms with Gasteiger partial charge in [-0.05, 0) is 12.1 Å². The predicted octanol–water partition coefficient (Wildman–Crippen LogP) is 1.49. The second-order valence-corrected chi connectivity index (χ2v) is 4.19. The topological polar surface area (TPSA) is 89.8 Å². The SMILES string of the molecule is CN(C)C(=O)COC(=O)c1ccc(Cl)c([N+](=O)[O-])c1. The average molecular weight is 287 g/mol. The third-order valence-electron chi connectivity index (χ3n) is 2.20. The molecule has 7 nitrogen and oxygen atoms in total. The molecule has 0 aliphatic carbocycles. The van der Waals surface area contributed by atoms with E-state index >= 15 is 0 Å². The van der Waals surface area contributed by atoms with E-state index in [0.717, 1.165) is 6.07 Å². The van der Waals surface area contributed by atoms with Crippen LogP contribution in [0.5, 0.6) is 0 Å². The second kappa shape index (κ2) is 6.14. The van der Waals surface area contributed by atoms with Crippen molar-refractivity contribution in [1.29, 1.82) is 0 Å². The van der Waals surface area contributed by atoms with Crippen LogP contribution in [0, 0.1) is 10.1 Å². The smallest absolute Gasteiger partial charge is 0.338 e. The largest absolute Gasteiger partial charge is 0.452 e. The molecule has 0 unspecified atom stereocenters. The van der Waals surface area contributed by atoms with Crippen molar-refractivity contribution in [1.82, 2.24) is 4.90 Å². The molecule has 19 heavy (non-hydrogen) atoms. The molecule has 0 spiro atoms. The molecular weight excluding hydrogens is 276 g/mol. The van der Waals surface area contributed by atoms with Gasteiger partial charge in [0, 0.05) is 20.2 Å². The quantitative estimate of drug-likeness (QED) is 0.475. The highest BCUT2D eigenvalue weighted by molar-refractivity contribution is 6.32. The van der Waals surface area contributed by atoms with Crippen molar-refractivity contribution < 1.29 is 19.2 Å². The van der Waals surface area contributed by atoms with E-state index in [4.69, 9.17) is 16.3 Å². The van der Waals surface area contributed by atoms with Crippen LogP contribution >= 0.6 is 11.6 Å². The van der Waals surface area contributed by atoms with Crippen LogP contribution in [-0.4, -0.2) is 42.4 Å². The van der Waals surface area contributed by atoms with Gasteiger partial charge in [-0.15, -0.1) is 0 Å². The van der Waals surface area contributed by atoms with Gasteiger partial charge in [0.25, 0.3) is 11.6 Å². The molecular formula is C11H11ClN2O5. The molecule has 0 bridgehead atoms. The lowest BCUT2D eigenvalue weighted by Crippen LogP contribution is -2.27. The van der Waals surface area contributed by atoms with Crippen molar-refractivity contribution in [2.24, 2.45) is 0 Å². The van der Waals surface area contributed by atoms with Crippen molar-refractivity contribution in [3.8, 4) is 0 Å². The molecule has 0 heterocycles. The zero-order valence-corrected chi connectivity index (χ0v) is 11.0. The van der Waals surface area contributed by atoms with Gasteiger partial charge in [-0.2, -0.15) is 0 Å². The first kappa shape index (κ1) is 14.9. The van der Waals surface area contributed by atoms with Gasteiger partial charge in [-0.25, -0.2) is 4.79 Å². The molecule has 0 N–H and O–H groups in total. The molecule has 8 heteroatoms. The second-order valence-electron chi connectivity index (χ2n) is 3.79. The van der Waals surface area contributed by atoms with E-state index in [1.807, 2.05) is 0 Å². The Morgan fingerprint density at radius 2 is 2.05 bits per heavy atom. The normalized spacial score (nSPS) is 9.84. The van der Waals surface area contributed by atoms with Gasteiger partial charge < -0.3 is 9.64 Å². The Balaban J connectivity index is 2.81. The van der Waals surface area contributed by atoms with E-state index in [9.17, 15) is 19.7 Å². The van der Waals surface area contributed by atoms with E-state index in [0.29, 0.717) is 0 Å². The highest BCUT2D eigenvalue weighted by Gasteiger charge is 2.18. The molecule has 1 aromatic carbocycles. The first-order valence-corrected chi connectivity index (χ1v) is 5.52. The van der Waals surface area contributed by atoms with E-state index in [1.54, 1.807) is 0 Å². The number of amides is 1. The van der Waals surface area contributed by atoms with Crippen LogP contribution in [-0.2, 0) is 9.53 Å². The van der Waals surface area contributed by atoms with Crippen molar-refractivity contribution >= 4 is 29.2 Å². The fraction of sp³-hybridized carbons (Fsp3) is 0.273. The van der Waals surface area contributed by atoms with Crippen LogP contribution in [0.15, 0.2) is 18.2 Å². The number of hydrogen-bond donors (Lipinski definition) is 0. The summed E-state index contributed by atoms with van der Waals surface area (Å²) in [5.74, 6) is -1.22. The average Bonchev–Trinajstić information content (AvgIpc) is 2.35. The summed E-state index contributed by atoms with van der Waals surface area (Å²) in [6.45, 7) is -0.428. The Bertz CT molecular complexity index is 530. The van der Waals surface area contributed by atoms with E-state index in [2.05, 4.69) is 0 Å². The molecule has 0 aliphatic heterocycles. The minimum absolute atomic E-state index is 0.0392. The number of hydrogen-bond acceptors (Lipinski definition) is 5. The first-order valence-electron chi connectivity index (χ1n) is 5.14. The number of carbonyl (C=O) groups excluding carboxylic acids is 2. The van der Waals surface area contributed by atoms with Crippen LogP contribution in [0.3, 0.4) is 0 Å². The molecule has 0 atom stereocenters. The van der Waals surface area contributed by atoms with E-state index < -0.39 is 29.1 Å². The summed E-state index contributed by atoms with van der Waals surface area (Å²) in [6.07, 6.45) is 0. The number of nitro groups is 1. The molecule has 102 valence electrons. The number of benzene rings is 1. The summed E-state index contributed by atoms with van der Waals surface area (Å²) >= 11 is 5.61. The standard InChI is InChI=1S/C11H11ClN2O5/c1-13(2)10(15)6-19-11(16)7-3-4-8(12)9(5-7)14(17)18/h3-5H,6H2,1-2H3. The summed E-state index contributed by atoms with van der Waals surface area (Å²) < 4.78 is 4.73. The monoisotopic (exact) mass is 286 g/mol. The molecule has 0 aromatic heterocycles. The zero-order valence-electron chi connectivity index (χ0n) is 10.3. The van der Waals surface area contributed by atoms with Gasteiger partial charge in [0.05, 0.1) is 10.5 Å². The number of rotatable bonds is 4. The highest BCUT2D eigenvalue weighted by Crippen LogP contribution is 2.25. The number of halogens is 1. The van der Waals surface area contributed by atoms with Gasteiger partial charge in [-0.3, -0.25) is 14.9 Å². The first-order chi connectivity index (χ1) is 8.82. The van der Waals surface area contributed by atoms with Gasteiger partial charge >= 0.3 is 5.97 Å². The predicted molar refractivity (Wildman–Crippen MR) is 67.1 cm³/mol. The maximum Gasteiger partial charge on any atom is 0.338 e. The lowest BCUT2D eigenvalue weighted by Gasteiger charge is -2.10. The summed E-state index contributed by atoms with van der Waals surface area (Å²) in [7, 11) is 3.03. The van der Waals surface area contributed by atoms with Gasteiger partial charge in [0.1, 0.15) is 5.02 Å². The number of likely N-dealkylation sites (N-methyl/N-ethyl adjacent to an activating group) is 1. The van der Waals surface area contributed by atoms with Crippen LogP contribution in [0.1, 0.15) is 10.4 Å². The Kier molecular flexibility index (Phi) is 4.82. The summed E-state index contributed by atoms with van der Waals surface area (Å²) in [5, 5.41) is 10.6. The molecule has 1 rings (SSSR count). The molecule has 0 saturated heterocycles. The van der Waals surface area contributed by atoms with Crippen LogP contribution < -0.4 is 0 Å². The summed E-state index contributed by atoms with van der Waals surface area (Å²) in [4.78, 5) is 34.0. The maximum atomic E-state index is 11.6. The van der Waals surface area contributed by atoms with Crippen molar-refractivity contribution in [2.45, 2.75) is 0 Å². The Morgan fingerprint density at radius 3 is 2.58 bits per heavy atom. The minimum atomic E-state index is -0.824. The van der Waals surface area contributed by atoms with Crippen molar-refractivity contribution in [3.63, 3.8) is 0 Å². The zero-order chi connectivity index (χ0) is 14.6. The van der Waals surface area contributed by atoms with Gasteiger partial charge in [0.15, 0.2) is 6.61 Å². The third kappa shape index (κ3) is 3.92. The Labute approximate surface area is 113 Å². The number of nitro benzene ring substituents is 1. The van der Waals surface area contributed by atoms with E-state index in [-0.39, 0.29) is 10.6 Å². The molecule has 0 radical (unpaired) electrons. The van der Waals surface area contributed by atoms with E-state index in [1.165, 1.54) is 31.1 Å². The van der Waals surface area contributed by atoms with Crippen molar-refractivity contribution in [3.05, 3.63) is 38.9 Å². The van der Waals surface area contributed by atoms with Crippen molar-refractivity contribution in [2.75, 3.05) is 20.7 Å². The minimum Gasteiger partial charge on any atom is -0.452 e. The highest BCUT2D eigenvalue weighted by atomic mass is 35.5. The van der Waals surface area contributed by atoms with Crippen LogP contribution in [0.4, 0.5) is 5.69 Å². The Hall–Kier alpha value is -2.15. The number of ether oxygens (including phenoxy) is 1. The lowest BCUT2D eigenvalue weighted by atomic mass is 10.2. The van der Waals surface area contributed by atoms with Gasteiger partial charge in [0.2, 0.25) is 0 Å². The maximum absolute atomic E-state index is 11.6. The molecule has 1 aromatic rings. The molecule has 0 fully saturated rings. The molecule has 0 aliphatic rings. The van der Waals surface area contributed by atoms with Crippen LogP contribution in [0.25, 0.3) is 0 Å². The third-order valence-corrected chi connectivity index (χ3v) is 2.52. The fourth-order valence-corrected chi connectivity index (χ4v) is 1.31. The van der Waals surface area contributed by atoms with Crippen LogP contribution in [0.2, 0.25) is 5.02 Å². The molecule has 1 amide bonds. The number of carbonyl (C=O) groups is 2. The number of esters is 1. The number of nitrogens with zero attached hydrogens (tertiary/aromatic N) is 2. The molecule has 0 saturated carbocycles. The Morgan fingerprint density at radius 1 is 1.42 bits per heavy atom. The summed E-state index contributed by atoms with van der Waals surface area (Å²) in [6, 6.07) is 3.52. The van der Waals surface area contributed by atoms with Gasteiger partial charge in [-0.1, -0.05) is 11.6 Å².